The number of ketones is 1. The van der Waals surface area contributed by atoms with Crippen LogP contribution in [0.4, 0.5) is 11.6 Å². The maximum absolute atomic E-state index is 10.9. The summed E-state index contributed by atoms with van der Waals surface area (Å²) in [4.78, 5) is 23.0. The molecule has 5 heterocycles. The molecule has 0 saturated heterocycles. The van der Waals surface area contributed by atoms with E-state index in [1.54, 1.807) is 31.4 Å². The van der Waals surface area contributed by atoms with Crippen molar-refractivity contribution < 1.29 is 9.53 Å². The van der Waals surface area contributed by atoms with Gasteiger partial charge in [-0.15, -0.1) is 10.2 Å². The van der Waals surface area contributed by atoms with Crippen LogP contribution in [-0.4, -0.2) is 56.6 Å². The second kappa shape index (κ2) is 11.7. The van der Waals surface area contributed by atoms with E-state index in [1.165, 1.54) is 6.42 Å². The molecule has 0 saturated carbocycles. The Hall–Kier alpha value is -3.86. The number of nitrogens with zero attached hydrogens (tertiary/aromatic N) is 6. The van der Waals surface area contributed by atoms with Crippen molar-refractivity contribution in [3.63, 3.8) is 0 Å². The Morgan fingerprint density at radius 3 is 2.39 bits per heavy atom. The average molecular weight is 452 g/mol. The zero-order valence-corrected chi connectivity index (χ0v) is 18.6. The van der Waals surface area contributed by atoms with Crippen molar-refractivity contribution in [2.24, 2.45) is 10.7 Å². The molecular formula is C22H29N9O2. The number of Topliss-reactive ketones (excluding diaryl/α,β-unsaturated/α-hetero) is 1. The molecule has 0 amide bonds. The number of rotatable bonds is 3. The summed E-state index contributed by atoms with van der Waals surface area (Å²) in [6.45, 7) is 1.91. The van der Waals surface area contributed by atoms with Gasteiger partial charge in [-0.2, -0.15) is 0 Å². The lowest BCUT2D eigenvalue weighted by atomic mass is 10.2. The van der Waals surface area contributed by atoms with Crippen LogP contribution < -0.4 is 17.2 Å². The molecule has 2 aliphatic rings. The Morgan fingerprint density at radius 2 is 1.79 bits per heavy atom. The number of fused-ring (bicyclic) bond motifs is 1. The quantitative estimate of drug-likeness (QED) is 0.498. The number of pyridine rings is 2. The maximum Gasteiger partial charge on any atom is 0.194 e. The third-order valence-electron chi connectivity index (χ3n) is 4.92. The van der Waals surface area contributed by atoms with Crippen molar-refractivity contribution in [3.05, 3.63) is 47.9 Å². The first-order valence-corrected chi connectivity index (χ1v) is 10.7. The fourth-order valence-electron chi connectivity index (χ4n) is 3.31. The summed E-state index contributed by atoms with van der Waals surface area (Å²) in [6.07, 6.45) is 4.36. The molecule has 5 rings (SSSR count). The number of nitrogens with two attached hydrogens (primary N) is 3. The molecule has 0 bridgehead atoms. The van der Waals surface area contributed by atoms with E-state index in [4.69, 9.17) is 21.9 Å². The van der Waals surface area contributed by atoms with Crippen molar-refractivity contribution in [2.45, 2.75) is 32.2 Å². The van der Waals surface area contributed by atoms with Gasteiger partial charge in [0.2, 0.25) is 0 Å². The van der Waals surface area contributed by atoms with Crippen LogP contribution in [0.2, 0.25) is 0 Å². The standard InChI is InChI=1S/C10H11N5.C7H9N3O.C5H9NO/c11-8-4-1-3-7(12-8)10-14-13-9-5-2-6-15(9)10;8-4-6(11)5-2-1-3-7(9)10-5;1-7-5-3-2-4-6-5/h1,3-4H,2,5-6H2,(H2,11,12);1-3H,4,8H2,(H2,9,10);2-4H2,1H3. The number of hydrogen-bond acceptors (Lipinski definition) is 10. The molecule has 174 valence electrons. The Bertz CT molecular complexity index is 1110. The number of carbonyl (C=O) groups is 1. The number of nitrogen functional groups attached to an aromatic ring is 2. The van der Waals surface area contributed by atoms with Crippen molar-refractivity contribution >= 4 is 23.3 Å². The van der Waals surface area contributed by atoms with Crippen LogP contribution in [0, 0.1) is 0 Å². The normalized spacial score (nSPS) is 13.7. The van der Waals surface area contributed by atoms with Gasteiger partial charge >= 0.3 is 0 Å². The van der Waals surface area contributed by atoms with E-state index >= 15 is 0 Å². The van der Waals surface area contributed by atoms with Gasteiger partial charge in [-0.3, -0.25) is 9.79 Å². The summed E-state index contributed by atoms with van der Waals surface area (Å²) in [7, 11) is 1.67. The van der Waals surface area contributed by atoms with Crippen LogP contribution in [-0.2, 0) is 17.7 Å². The first-order valence-electron chi connectivity index (χ1n) is 10.7. The van der Waals surface area contributed by atoms with Gasteiger partial charge in [-0.25, -0.2) is 9.97 Å². The fourth-order valence-corrected chi connectivity index (χ4v) is 3.31. The SMILES string of the molecule is COC1=NCCC1.NCC(=O)c1cccc(N)n1.Nc1cccc(-c2nnc3n2CCC3)n1. The van der Waals surface area contributed by atoms with Crippen LogP contribution in [0.25, 0.3) is 11.5 Å². The number of anilines is 2. The molecule has 3 aromatic rings. The van der Waals surface area contributed by atoms with Gasteiger partial charge in [0, 0.05) is 25.9 Å². The number of aliphatic imine (C=N–C) groups is 1. The fraction of sp³-hybridized carbons (Fsp3) is 0.364. The molecule has 0 atom stereocenters. The first kappa shape index (κ1) is 23.8. The lowest BCUT2D eigenvalue weighted by Gasteiger charge is -2.02. The minimum Gasteiger partial charge on any atom is -0.484 e. The van der Waals surface area contributed by atoms with Gasteiger partial charge in [-0.05, 0) is 37.1 Å². The Morgan fingerprint density at radius 1 is 1.03 bits per heavy atom. The molecule has 11 nitrogen and oxygen atoms in total. The van der Waals surface area contributed by atoms with Gasteiger partial charge < -0.3 is 26.5 Å². The average Bonchev–Trinajstić information content (AvgIpc) is 3.58. The lowest BCUT2D eigenvalue weighted by molar-refractivity contribution is 0.0997. The van der Waals surface area contributed by atoms with Gasteiger partial charge in [0.05, 0.1) is 13.7 Å². The van der Waals surface area contributed by atoms with Crippen molar-refractivity contribution in [3.8, 4) is 11.5 Å². The molecule has 0 unspecified atom stereocenters. The summed E-state index contributed by atoms with van der Waals surface area (Å²) >= 11 is 0. The highest BCUT2D eigenvalue weighted by Gasteiger charge is 2.18. The molecule has 0 aromatic carbocycles. The van der Waals surface area contributed by atoms with E-state index in [2.05, 4.69) is 29.7 Å². The molecule has 0 spiro atoms. The van der Waals surface area contributed by atoms with E-state index < -0.39 is 0 Å². The van der Waals surface area contributed by atoms with Crippen LogP contribution in [0.15, 0.2) is 41.4 Å². The highest BCUT2D eigenvalue weighted by atomic mass is 16.5. The number of methoxy groups -OCH3 is 1. The van der Waals surface area contributed by atoms with E-state index in [0.29, 0.717) is 17.3 Å². The van der Waals surface area contributed by atoms with Crippen molar-refractivity contribution in [2.75, 3.05) is 31.7 Å². The second-order valence-corrected chi connectivity index (χ2v) is 7.30. The van der Waals surface area contributed by atoms with Crippen LogP contribution in [0.1, 0.15) is 35.6 Å². The van der Waals surface area contributed by atoms with Crippen LogP contribution >= 0.6 is 0 Å². The largest absolute Gasteiger partial charge is 0.484 e. The molecular weight excluding hydrogens is 422 g/mol. The predicted octanol–water partition coefficient (Wildman–Crippen LogP) is 1.50. The number of carbonyl (C=O) groups excluding carboxylic acids is 1. The Kier molecular flexibility index (Phi) is 8.42. The molecule has 3 aromatic heterocycles. The topological polar surface area (TPSA) is 173 Å². The number of hydrogen-bond donors (Lipinski definition) is 3. The molecule has 6 N–H and O–H groups in total. The van der Waals surface area contributed by atoms with E-state index in [0.717, 1.165) is 55.6 Å². The van der Waals surface area contributed by atoms with Gasteiger partial charge in [-0.1, -0.05) is 12.1 Å². The summed E-state index contributed by atoms with van der Waals surface area (Å²) < 4.78 is 6.97. The van der Waals surface area contributed by atoms with E-state index in [-0.39, 0.29) is 12.3 Å². The van der Waals surface area contributed by atoms with Gasteiger partial charge in [0.1, 0.15) is 28.8 Å². The minimum absolute atomic E-state index is 0.0313. The number of aromatic nitrogens is 5. The third kappa shape index (κ3) is 6.56. The van der Waals surface area contributed by atoms with Crippen molar-refractivity contribution in [1.29, 1.82) is 0 Å². The summed E-state index contributed by atoms with van der Waals surface area (Å²) in [6, 6.07) is 10.4. The first-order chi connectivity index (χ1) is 16.0. The monoisotopic (exact) mass is 451 g/mol. The summed E-state index contributed by atoms with van der Waals surface area (Å²) in [5, 5.41) is 8.28. The molecule has 0 radical (unpaired) electrons. The molecule has 33 heavy (non-hydrogen) atoms. The Balaban J connectivity index is 0.000000150. The smallest absolute Gasteiger partial charge is 0.194 e. The molecule has 0 aliphatic carbocycles. The highest BCUT2D eigenvalue weighted by Crippen LogP contribution is 2.22. The van der Waals surface area contributed by atoms with Crippen LogP contribution in [0.3, 0.4) is 0 Å². The van der Waals surface area contributed by atoms with Gasteiger partial charge in [0.15, 0.2) is 17.5 Å². The van der Waals surface area contributed by atoms with Crippen LogP contribution in [0.5, 0.6) is 0 Å². The van der Waals surface area contributed by atoms with Crippen molar-refractivity contribution in [1.82, 2.24) is 24.7 Å². The summed E-state index contributed by atoms with van der Waals surface area (Å²) in [5.41, 5.74) is 17.2. The Labute approximate surface area is 192 Å². The molecule has 11 heteroatoms. The maximum atomic E-state index is 10.9. The molecule has 2 aliphatic heterocycles. The van der Waals surface area contributed by atoms with E-state index in [9.17, 15) is 4.79 Å². The number of aryl methyl sites for hydroxylation is 1. The predicted molar refractivity (Wildman–Crippen MR) is 127 cm³/mol. The third-order valence-corrected chi connectivity index (χ3v) is 4.92. The highest BCUT2D eigenvalue weighted by molar-refractivity contribution is 5.95. The zero-order valence-electron chi connectivity index (χ0n) is 18.6. The zero-order chi connectivity index (χ0) is 23.6. The summed E-state index contributed by atoms with van der Waals surface area (Å²) in [5.74, 6) is 3.45. The molecule has 0 fully saturated rings. The second-order valence-electron chi connectivity index (χ2n) is 7.30. The van der Waals surface area contributed by atoms with E-state index in [1.807, 2.05) is 12.1 Å². The minimum atomic E-state index is -0.197. The lowest BCUT2D eigenvalue weighted by Crippen LogP contribution is -2.15. The number of ether oxygens (including phenoxy) is 1. The van der Waals surface area contributed by atoms with Gasteiger partial charge in [0.25, 0.3) is 0 Å².